The van der Waals surface area contributed by atoms with Crippen molar-refractivity contribution in [3.8, 4) is 0 Å². The first-order valence-electron chi connectivity index (χ1n) is 7.04. The number of likely N-dealkylation sites (tertiary alicyclic amines) is 1. The molecule has 2 aromatic rings. The first-order chi connectivity index (χ1) is 9.56. The molecule has 106 valence electrons. The average molecular weight is 273 g/mol. The number of aromatic nitrogens is 2. The van der Waals surface area contributed by atoms with Crippen molar-refractivity contribution in [2.45, 2.75) is 19.8 Å². The molecule has 1 aliphatic rings. The normalized spacial score (nSPS) is 19.5. The summed E-state index contributed by atoms with van der Waals surface area (Å²) in [5.74, 6) is 0.621. The van der Waals surface area contributed by atoms with Gasteiger partial charge in [0.1, 0.15) is 0 Å². The zero-order valence-corrected chi connectivity index (χ0v) is 11.8. The van der Waals surface area contributed by atoms with Gasteiger partial charge in [0.2, 0.25) is 0 Å². The van der Waals surface area contributed by atoms with Crippen LogP contribution in [0.15, 0.2) is 23.0 Å². The summed E-state index contributed by atoms with van der Waals surface area (Å²) in [6.07, 6.45) is 2.26. The summed E-state index contributed by atoms with van der Waals surface area (Å²) >= 11 is 0. The maximum Gasteiger partial charge on any atom is 0.326 e. The third-order valence-electron chi connectivity index (χ3n) is 4.10. The van der Waals surface area contributed by atoms with Crippen LogP contribution < -0.4 is 5.69 Å². The van der Waals surface area contributed by atoms with Crippen LogP contribution in [0.2, 0.25) is 0 Å². The molecule has 1 unspecified atom stereocenters. The van der Waals surface area contributed by atoms with Crippen molar-refractivity contribution in [2.75, 3.05) is 13.1 Å². The Kier molecular flexibility index (Phi) is 3.12. The van der Waals surface area contributed by atoms with E-state index in [9.17, 15) is 9.59 Å². The summed E-state index contributed by atoms with van der Waals surface area (Å²) in [5.41, 5.74) is 2.02. The quantitative estimate of drug-likeness (QED) is 0.860. The molecule has 2 heterocycles. The molecular weight excluding hydrogens is 254 g/mol. The van der Waals surface area contributed by atoms with E-state index in [1.807, 2.05) is 11.0 Å². The highest BCUT2D eigenvalue weighted by Gasteiger charge is 2.22. The summed E-state index contributed by atoms with van der Waals surface area (Å²) in [6.45, 7) is 3.83. The van der Waals surface area contributed by atoms with Gasteiger partial charge in [-0.25, -0.2) is 4.79 Å². The monoisotopic (exact) mass is 273 g/mol. The van der Waals surface area contributed by atoms with Gasteiger partial charge in [-0.05, 0) is 37.0 Å². The molecule has 5 nitrogen and oxygen atoms in total. The second-order valence-electron chi connectivity index (χ2n) is 5.72. The van der Waals surface area contributed by atoms with E-state index in [4.69, 9.17) is 0 Å². The van der Waals surface area contributed by atoms with Gasteiger partial charge in [0.25, 0.3) is 5.91 Å². The molecule has 1 saturated heterocycles. The van der Waals surface area contributed by atoms with Crippen LogP contribution in [-0.2, 0) is 7.05 Å². The van der Waals surface area contributed by atoms with Crippen molar-refractivity contribution >= 4 is 16.9 Å². The van der Waals surface area contributed by atoms with Crippen LogP contribution in [0, 0.1) is 5.92 Å². The summed E-state index contributed by atoms with van der Waals surface area (Å²) in [6, 6.07) is 5.41. The summed E-state index contributed by atoms with van der Waals surface area (Å²) < 4.78 is 1.55. The lowest BCUT2D eigenvalue weighted by Crippen LogP contribution is -2.39. The molecule has 1 amide bonds. The Morgan fingerprint density at radius 2 is 2.20 bits per heavy atom. The number of carbonyl (C=O) groups is 1. The van der Waals surface area contributed by atoms with Crippen molar-refractivity contribution in [1.82, 2.24) is 14.5 Å². The van der Waals surface area contributed by atoms with Gasteiger partial charge in [-0.3, -0.25) is 9.36 Å². The molecule has 0 spiro atoms. The third-order valence-corrected chi connectivity index (χ3v) is 4.10. The van der Waals surface area contributed by atoms with Crippen molar-refractivity contribution < 1.29 is 4.79 Å². The second-order valence-corrected chi connectivity index (χ2v) is 5.72. The average Bonchev–Trinajstić information content (AvgIpc) is 2.73. The van der Waals surface area contributed by atoms with E-state index < -0.39 is 0 Å². The number of piperidine rings is 1. The topological polar surface area (TPSA) is 58.1 Å². The van der Waals surface area contributed by atoms with Crippen LogP contribution in [-0.4, -0.2) is 33.4 Å². The minimum atomic E-state index is -0.156. The number of carbonyl (C=O) groups excluding carboxylic acids is 1. The van der Waals surface area contributed by atoms with Crippen LogP contribution in [0.4, 0.5) is 0 Å². The standard InChI is InChI=1S/C15H19N3O2/c1-10-4-3-7-18(9-10)14(19)11-5-6-13-12(8-11)16-15(20)17(13)2/h5-6,8,10H,3-4,7,9H2,1-2H3,(H,16,20). The lowest BCUT2D eigenvalue weighted by atomic mass is 9.99. The second kappa shape index (κ2) is 4.81. The van der Waals surface area contributed by atoms with Crippen LogP contribution in [0.25, 0.3) is 11.0 Å². The van der Waals surface area contributed by atoms with E-state index >= 15 is 0 Å². The minimum Gasteiger partial charge on any atom is -0.338 e. The predicted molar refractivity (Wildman–Crippen MR) is 77.8 cm³/mol. The van der Waals surface area contributed by atoms with Gasteiger partial charge in [0.05, 0.1) is 11.0 Å². The number of rotatable bonds is 1. The zero-order valence-electron chi connectivity index (χ0n) is 11.8. The summed E-state index contributed by atoms with van der Waals surface area (Å²) in [5, 5.41) is 0. The van der Waals surface area contributed by atoms with E-state index in [1.165, 1.54) is 6.42 Å². The number of amides is 1. The number of imidazole rings is 1. The number of hydrogen-bond donors (Lipinski definition) is 1. The maximum atomic E-state index is 12.5. The van der Waals surface area contributed by atoms with Crippen molar-refractivity contribution in [2.24, 2.45) is 13.0 Å². The molecule has 0 bridgehead atoms. The minimum absolute atomic E-state index is 0.0585. The Hall–Kier alpha value is -2.04. The molecule has 0 aliphatic carbocycles. The number of aryl methyl sites for hydroxylation is 1. The first-order valence-corrected chi connectivity index (χ1v) is 7.04. The third kappa shape index (κ3) is 2.13. The fourth-order valence-electron chi connectivity index (χ4n) is 2.93. The number of nitrogens with zero attached hydrogens (tertiary/aromatic N) is 2. The van der Waals surface area contributed by atoms with Crippen LogP contribution in [0.5, 0.6) is 0 Å². The molecular formula is C15H19N3O2. The highest BCUT2D eigenvalue weighted by atomic mass is 16.2. The smallest absolute Gasteiger partial charge is 0.326 e. The summed E-state index contributed by atoms with van der Waals surface area (Å²) in [7, 11) is 1.72. The first kappa shape index (κ1) is 13.0. The SMILES string of the molecule is CC1CCCN(C(=O)c2ccc3c(c2)[nH]c(=O)n3C)C1. The van der Waals surface area contributed by atoms with Crippen molar-refractivity contribution in [3.05, 3.63) is 34.2 Å². The van der Waals surface area contributed by atoms with E-state index in [-0.39, 0.29) is 11.6 Å². The number of aromatic amines is 1. The number of benzene rings is 1. The molecule has 1 aromatic carbocycles. The van der Waals surface area contributed by atoms with E-state index in [2.05, 4.69) is 11.9 Å². The molecule has 1 fully saturated rings. The number of H-pyrrole nitrogens is 1. The van der Waals surface area contributed by atoms with Crippen LogP contribution in [0.1, 0.15) is 30.1 Å². The van der Waals surface area contributed by atoms with Crippen molar-refractivity contribution in [1.29, 1.82) is 0 Å². The largest absolute Gasteiger partial charge is 0.338 e. The number of hydrogen-bond acceptors (Lipinski definition) is 2. The van der Waals surface area contributed by atoms with E-state index in [1.54, 1.807) is 23.7 Å². The Morgan fingerprint density at radius 3 is 2.95 bits per heavy atom. The molecule has 0 radical (unpaired) electrons. The fourth-order valence-corrected chi connectivity index (χ4v) is 2.93. The van der Waals surface area contributed by atoms with Gasteiger partial charge in [-0.15, -0.1) is 0 Å². The van der Waals surface area contributed by atoms with Gasteiger partial charge in [0.15, 0.2) is 0 Å². The lowest BCUT2D eigenvalue weighted by Gasteiger charge is -2.31. The fraction of sp³-hybridized carbons (Fsp3) is 0.467. The molecule has 0 saturated carbocycles. The predicted octanol–water partition coefficient (Wildman–Crippen LogP) is 1.74. The molecule has 20 heavy (non-hydrogen) atoms. The zero-order chi connectivity index (χ0) is 14.3. The molecule has 1 N–H and O–H groups in total. The van der Waals surface area contributed by atoms with Crippen molar-refractivity contribution in [3.63, 3.8) is 0 Å². The molecule has 1 atom stereocenters. The highest BCUT2D eigenvalue weighted by Crippen LogP contribution is 2.19. The van der Waals surface area contributed by atoms with Gasteiger partial charge in [-0.1, -0.05) is 6.92 Å². The Morgan fingerprint density at radius 1 is 1.40 bits per heavy atom. The van der Waals surface area contributed by atoms with E-state index in [0.717, 1.165) is 25.0 Å². The highest BCUT2D eigenvalue weighted by molar-refractivity contribution is 5.97. The van der Waals surface area contributed by atoms with Gasteiger partial charge in [-0.2, -0.15) is 0 Å². The molecule has 1 aliphatic heterocycles. The maximum absolute atomic E-state index is 12.5. The number of fused-ring (bicyclic) bond motifs is 1. The number of nitrogens with one attached hydrogen (secondary N) is 1. The van der Waals surface area contributed by atoms with Gasteiger partial charge >= 0.3 is 5.69 Å². The molecule has 5 heteroatoms. The Labute approximate surface area is 117 Å². The molecule has 1 aromatic heterocycles. The van der Waals surface area contributed by atoms with E-state index in [0.29, 0.717) is 17.0 Å². The molecule has 3 rings (SSSR count). The Bertz CT molecular complexity index is 713. The Balaban J connectivity index is 1.93. The van der Waals surface area contributed by atoms with Crippen LogP contribution >= 0.6 is 0 Å². The van der Waals surface area contributed by atoms with Crippen LogP contribution in [0.3, 0.4) is 0 Å². The lowest BCUT2D eigenvalue weighted by molar-refractivity contribution is 0.0683. The summed E-state index contributed by atoms with van der Waals surface area (Å²) in [4.78, 5) is 28.8. The van der Waals surface area contributed by atoms with Gasteiger partial charge < -0.3 is 9.88 Å². The van der Waals surface area contributed by atoms with Gasteiger partial charge in [0, 0.05) is 25.7 Å².